The average Bonchev–Trinajstić information content (AvgIpc) is 2.23. The summed E-state index contributed by atoms with van der Waals surface area (Å²) >= 11 is 0. The Morgan fingerprint density at radius 3 is 2.62 bits per heavy atom. The normalized spacial score (nSPS) is 19.9. The van der Waals surface area contributed by atoms with Crippen LogP contribution in [0.5, 0.6) is 0 Å². The lowest BCUT2D eigenvalue weighted by Crippen LogP contribution is -2.43. The summed E-state index contributed by atoms with van der Waals surface area (Å²) in [4.78, 5) is 9.63. The van der Waals surface area contributed by atoms with E-state index in [-0.39, 0.29) is 5.82 Å². The lowest BCUT2D eigenvalue weighted by molar-refractivity contribution is 0.0349. The molecule has 0 bridgehead atoms. The Kier molecular flexibility index (Phi) is 2.80. The van der Waals surface area contributed by atoms with Crippen LogP contribution in [0.15, 0.2) is 6.33 Å². The number of piperidine rings is 1. The van der Waals surface area contributed by atoms with Crippen LogP contribution in [0.25, 0.3) is 0 Å². The molecule has 0 amide bonds. The van der Waals surface area contributed by atoms with Crippen molar-refractivity contribution in [3.63, 3.8) is 0 Å². The molecule has 1 N–H and O–H groups in total. The predicted molar refractivity (Wildman–Crippen MR) is 58.8 cm³/mol. The Labute approximate surface area is 94.1 Å². The summed E-state index contributed by atoms with van der Waals surface area (Å²) in [5, 5.41) is 9.81. The second-order valence-electron chi connectivity index (χ2n) is 4.58. The summed E-state index contributed by atoms with van der Waals surface area (Å²) in [6, 6.07) is 0. The van der Waals surface area contributed by atoms with E-state index in [4.69, 9.17) is 0 Å². The van der Waals surface area contributed by atoms with Gasteiger partial charge in [0.1, 0.15) is 6.33 Å². The molecule has 0 saturated carbocycles. The third kappa shape index (κ3) is 2.14. The Hall–Kier alpha value is -1.23. The van der Waals surface area contributed by atoms with Gasteiger partial charge in [-0.15, -0.1) is 0 Å². The van der Waals surface area contributed by atoms with Gasteiger partial charge in [0.15, 0.2) is 11.6 Å². The molecule has 4 nitrogen and oxygen atoms in total. The molecule has 1 aromatic heterocycles. The number of hydrogen-bond acceptors (Lipinski definition) is 4. The van der Waals surface area contributed by atoms with Crippen LogP contribution in [0.2, 0.25) is 0 Å². The highest BCUT2D eigenvalue weighted by Crippen LogP contribution is 2.26. The van der Waals surface area contributed by atoms with Crippen molar-refractivity contribution in [1.29, 1.82) is 0 Å². The molecule has 0 spiro atoms. The van der Waals surface area contributed by atoms with E-state index in [9.17, 15) is 9.50 Å². The van der Waals surface area contributed by atoms with Crippen molar-refractivity contribution < 1.29 is 9.50 Å². The molecular weight excluding hydrogens is 209 g/mol. The van der Waals surface area contributed by atoms with Crippen LogP contribution >= 0.6 is 0 Å². The maximum absolute atomic E-state index is 13.7. The van der Waals surface area contributed by atoms with E-state index in [1.54, 1.807) is 6.92 Å². The fourth-order valence-electron chi connectivity index (χ4n) is 1.87. The van der Waals surface area contributed by atoms with Crippen LogP contribution in [0.3, 0.4) is 0 Å². The van der Waals surface area contributed by atoms with Crippen LogP contribution < -0.4 is 4.90 Å². The Morgan fingerprint density at radius 1 is 1.38 bits per heavy atom. The molecule has 1 saturated heterocycles. The summed E-state index contributed by atoms with van der Waals surface area (Å²) in [7, 11) is 0. The maximum atomic E-state index is 13.7. The lowest BCUT2D eigenvalue weighted by Gasteiger charge is -2.36. The van der Waals surface area contributed by atoms with Gasteiger partial charge >= 0.3 is 0 Å². The molecule has 0 radical (unpaired) electrons. The zero-order chi connectivity index (χ0) is 11.8. The minimum absolute atomic E-state index is 0.350. The monoisotopic (exact) mass is 225 g/mol. The van der Waals surface area contributed by atoms with E-state index < -0.39 is 5.60 Å². The van der Waals surface area contributed by atoms with E-state index in [0.717, 1.165) is 0 Å². The van der Waals surface area contributed by atoms with Gasteiger partial charge in [-0.1, -0.05) is 0 Å². The number of aliphatic hydroxyl groups is 1. The summed E-state index contributed by atoms with van der Waals surface area (Å²) in [5.41, 5.74) is -0.267. The molecule has 88 valence electrons. The molecule has 2 heterocycles. The standard InChI is InChI=1S/C11H16FN3O/c1-8-9(12)10(14-7-13-8)15-5-3-11(2,16)4-6-15/h7,16H,3-6H2,1-2H3. The molecule has 16 heavy (non-hydrogen) atoms. The van der Waals surface area contributed by atoms with Crippen molar-refractivity contribution in [3.05, 3.63) is 17.8 Å². The largest absolute Gasteiger partial charge is 0.390 e. The van der Waals surface area contributed by atoms with Gasteiger partial charge in [-0.2, -0.15) is 0 Å². The lowest BCUT2D eigenvalue weighted by atomic mass is 9.94. The van der Waals surface area contributed by atoms with Crippen molar-refractivity contribution in [2.24, 2.45) is 0 Å². The topological polar surface area (TPSA) is 49.2 Å². The maximum Gasteiger partial charge on any atom is 0.186 e. The quantitative estimate of drug-likeness (QED) is 0.782. The Bertz CT molecular complexity index is 385. The van der Waals surface area contributed by atoms with Crippen LogP contribution in [-0.4, -0.2) is 33.8 Å². The van der Waals surface area contributed by atoms with Crippen LogP contribution in [-0.2, 0) is 0 Å². The van der Waals surface area contributed by atoms with Gasteiger partial charge < -0.3 is 10.0 Å². The van der Waals surface area contributed by atoms with Crippen LogP contribution in [0, 0.1) is 12.7 Å². The van der Waals surface area contributed by atoms with Crippen molar-refractivity contribution in [3.8, 4) is 0 Å². The number of aryl methyl sites for hydroxylation is 1. The SMILES string of the molecule is Cc1ncnc(N2CCC(C)(O)CC2)c1F. The third-order valence-corrected chi connectivity index (χ3v) is 3.09. The smallest absolute Gasteiger partial charge is 0.186 e. The fraction of sp³-hybridized carbons (Fsp3) is 0.636. The van der Waals surface area contributed by atoms with Gasteiger partial charge in [-0.25, -0.2) is 14.4 Å². The van der Waals surface area contributed by atoms with E-state index in [1.165, 1.54) is 6.33 Å². The number of rotatable bonds is 1. The first kappa shape index (κ1) is 11.3. The summed E-state index contributed by atoms with van der Waals surface area (Å²) in [6.07, 6.45) is 2.64. The highest BCUT2D eigenvalue weighted by Gasteiger charge is 2.29. The van der Waals surface area contributed by atoms with Gasteiger partial charge in [0.25, 0.3) is 0 Å². The summed E-state index contributed by atoms with van der Waals surface area (Å²) in [5.74, 6) is -0.00737. The minimum atomic E-state index is -0.630. The molecule has 1 aliphatic heterocycles. The first-order chi connectivity index (χ1) is 7.49. The van der Waals surface area contributed by atoms with Crippen LogP contribution in [0.4, 0.5) is 10.2 Å². The molecule has 5 heteroatoms. The van der Waals surface area contributed by atoms with E-state index >= 15 is 0 Å². The molecule has 0 atom stereocenters. The second-order valence-corrected chi connectivity index (χ2v) is 4.58. The number of nitrogens with zero attached hydrogens (tertiary/aromatic N) is 3. The highest BCUT2D eigenvalue weighted by atomic mass is 19.1. The number of hydrogen-bond donors (Lipinski definition) is 1. The zero-order valence-electron chi connectivity index (χ0n) is 9.57. The van der Waals surface area contributed by atoms with Gasteiger partial charge in [-0.05, 0) is 26.7 Å². The highest BCUT2D eigenvalue weighted by molar-refractivity contribution is 5.41. The molecule has 1 aliphatic rings. The number of anilines is 1. The second kappa shape index (κ2) is 3.97. The number of halogens is 1. The summed E-state index contributed by atoms with van der Waals surface area (Å²) in [6.45, 7) is 4.69. The van der Waals surface area contributed by atoms with Gasteiger partial charge in [-0.3, -0.25) is 0 Å². The molecule has 1 aromatic rings. The summed E-state index contributed by atoms with van der Waals surface area (Å²) < 4.78 is 13.7. The van der Waals surface area contributed by atoms with E-state index in [0.29, 0.717) is 37.4 Å². The van der Waals surface area contributed by atoms with Crippen molar-refractivity contribution in [2.45, 2.75) is 32.3 Å². The fourth-order valence-corrected chi connectivity index (χ4v) is 1.87. The zero-order valence-corrected chi connectivity index (χ0v) is 9.57. The van der Waals surface area contributed by atoms with Crippen molar-refractivity contribution >= 4 is 5.82 Å². The molecule has 0 aliphatic carbocycles. The van der Waals surface area contributed by atoms with E-state index in [1.807, 2.05) is 11.8 Å². The van der Waals surface area contributed by atoms with Crippen molar-refractivity contribution in [2.75, 3.05) is 18.0 Å². The molecule has 0 unspecified atom stereocenters. The minimum Gasteiger partial charge on any atom is -0.390 e. The number of aromatic nitrogens is 2. The first-order valence-corrected chi connectivity index (χ1v) is 5.44. The predicted octanol–water partition coefficient (Wildman–Crippen LogP) is 1.28. The molecule has 2 rings (SSSR count). The van der Waals surface area contributed by atoms with E-state index in [2.05, 4.69) is 9.97 Å². The first-order valence-electron chi connectivity index (χ1n) is 5.44. The van der Waals surface area contributed by atoms with Crippen LogP contribution in [0.1, 0.15) is 25.5 Å². The molecular formula is C11H16FN3O. The Morgan fingerprint density at radius 2 is 2.00 bits per heavy atom. The third-order valence-electron chi connectivity index (χ3n) is 3.09. The van der Waals surface area contributed by atoms with Gasteiger partial charge in [0.05, 0.1) is 11.3 Å². The van der Waals surface area contributed by atoms with Crippen molar-refractivity contribution in [1.82, 2.24) is 9.97 Å². The molecule has 1 fully saturated rings. The van der Waals surface area contributed by atoms with Gasteiger partial charge in [0.2, 0.25) is 0 Å². The average molecular weight is 225 g/mol. The van der Waals surface area contributed by atoms with Gasteiger partial charge in [0, 0.05) is 13.1 Å². The molecule has 0 aromatic carbocycles. The Balaban J connectivity index is 2.17.